The summed E-state index contributed by atoms with van der Waals surface area (Å²) in [5.74, 6) is 1.05. The Labute approximate surface area is 141 Å². The fourth-order valence-corrected chi connectivity index (χ4v) is 3.92. The average molecular weight is 340 g/mol. The van der Waals surface area contributed by atoms with Crippen molar-refractivity contribution in [2.75, 3.05) is 26.4 Å². The molecule has 0 unspecified atom stereocenters. The van der Waals surface area contributed by atoms with Gasteiger partial charge in [-0.3, -0.25) is 0 Å². The highest BCUT2D eigenvalue weighted by atomic mass is 35.5. The van der Waals surface area contributed by atoms with E-state index in [0.717, 1.165) is 27.9 Å². The number of nitrogens with zero attached hydrogens (tertiary/aromatic N) is 1. The normalized spacial score (nSPS) is 12.6. The SMILES string of the molecule is CN(C)CCS[C@H](c1ccc(Cl)cc1)c1ccccc1Cl. The minimum atomic E-state index is 0.232. The van der Waals surface area contributed by atoms with Gasteiger partial charge >= 0.3 is 0 Å². The molecule has 0 radical (unpaired) electrons. The quantitative estimate of drug-likeness (QED) is 0.695. The van der Waals surface area contributed by atoms with Gasteiger partial charge in [0.25, 0.3) is 0 Å². The van der Waals surface area contributed by atoms with Crippen LogP contribution in [0.1, 0.15) is 16.4 Å². The van der Waals surface area contributed by atoms with E-state index in [4.69, 9.17) is 23.2 Å². The summed E-state index contributed by atoms with van der Waals surface area (Å²) >= 11 is 14.3. The summed E-state index contributed by atoms with van der Waals surface area (Å²) in [6, 6.07) is 16.1. The minimum absolute atomic E-state index is 0.232. The summed E-state index contributed by atoms with van der Waals surface area (Å²) < 4.78 is 0. The number of benzene rings is 2. The summed E-state index contributed by atoms with van der Waals surface area (Å²) in [6.07, 6.45) is 0. The van der Waals surface area contributed by atoms with Gasteiger partial charge in [-0.15, -0.1) is 11.8 Å². The van der Waals surface area contributed by atoms with Crippen LogP contribution >= 0.6 is 35.0 Å². The number of hydrogen-bond acceptors (Lipinski definition) is 2. The molecule has 2 rings (SSSR count). The second-order valence-electron chi connectivity index (χ2n) is 5.13. The van der Waals surface area contributed by atoms with Gasteiger partial charge in [0.2, 0.25) is 0 Å². The van der Waals surface area contributed by atoms with Crippen molar-refractivity contribution in [3.8, 4) is 0 Å². The average Bonchev–Trinajstić information content (AvgIpc) is 2.46. The topological polar surface area (TPSA) is 3.24 Å². The number of thioether (sulfide) groups is 1. The molecule has 0 saturated heterocycles. The summed E-state index contributed by atoms with van der Waals surface area (Å²) in [4.78, 5) is 2.19. The van der Waals surface area contributed by atoms with Crippen molar-refractivity contribution in [2.24, 2.45) is 0 Å². The smallest absolute Gasteiger partial charge is 0.0561 e. The van der Waals surface area contributed by atoms with Gasteiger partial charge in [-0.05, 0) is 43.4 Å². The van der Waals surface area contributed by atoms with Crippen LogP contribution in [0.5, 0.6) is 0 Å². The van der Waals surface area contributed by atoms with Gasteiger partial charge in [0, 0.05) is 22.3 Å². The van der Waals surface area contributed by atoms with E-state index in [1.165, 1.54) is 5.56 Å². The summed E-state index contributed by atoms with van der Waals surface area (Å²) in [5.41, 5.74) is 2.39. The van der Waals surface area contributed by atoms with Crippen LogP contribution in [0.4, 0.5) is 0 Å². The molecule has 21 heavy (non-hydrogen) atoms. The van der Waals surface area contributed by atoms with Crippen molar-refractivity contribution in [1.82, 2.24) is 4.90 Å². The van der Waals surface area contributed by atoms with Crippen LogP contribution in [0.3, 0.4) is 0 Å². The van der Waals surface area contributed by atoms with Crippen molar-refractivity contribution in [3.63, 3.8) is 0 Å². The van der Waals surface area contributed by atoms with Gasteiger partial charge in [-0.25, -0.2) is 0 Å². The Morgan fingerprint density at radius 2 is 1.67 bits per heavy atom. The van der Waals surface area contributed by atoms with Gasteiger partial charge in [-0.2, -0.15) is 0 Å². The third-order valence-corrected chi connectivity index (χ3v) is 5.06. The largest absolute Gasteiger partial charge is 0.309 e. The molecule has 0 fully saturated rings. The highest BCUT2D eigenvalue weighted by molar-refractivity contribution is 7.99. The summed E-state index contributed by atoms with van der Waals surface area (Å²) in [7, 11) is 4.18. The molecule has 0 aliphatic carbocycles. The van der Waals surface area contributed by atoms with E-state index in [1.807, 2.05) is 42.1 Å². The zero-order valence-electron chi connectivity index (χ0n) is 12.2. The molecular formula is C17H19Cl2NS. The first kappa shape index (κ1) is 16.7. The third kappa shape index (κ3) is 4.93. The number of hydrogen-bond donors (Lipinski definition) is 0. The summed E-state index contributed by atoms with van der Waals surface area (Å²) in [6.45, 7) is 1.04. The second-order valence-corrected chi connectivity index (χ2v) is 7.18. The van der Waals surface area contributed by atoms with Crippen LogP contribution in [0.2, 0.25) is 10.0 Å². The molecule has 2 aromatic rings. The number of halogens is 2. The maximum absolute atomic E-state index is 6.39. The molecular weight excluding hydrogens is 321 g/mol. The first-order valence-electron chi connectivity index (χ1n) is 6.84. The fourth-order valence-electron chi connectivity index (χ4n) is 2.04. The molecule has 4 heteroatoms. The van der Waals surface area contributed by atoms with E-state index < -0.39 is 0 Å². The molecule has 1 atom stereocenters. The molecule has 0 aromatic heterocycles. The van der Waals surface area contributed by atoms with Crippen LogP contribution < -0.4 is 0 Å². The first-order chi connectivity index (χ1) is 10.1. The Kier molecular flexibility index (Phi) is 6.43. The van der Waals surface area contributed by atoms with Gasteiger partial charge in [0.15, 0.2) is 0 Å². The molecule has 0 amide bonds. The molecule has 0 aliphatic rings. The van der Waals surface area contributed by atoms with Crippen LogP contribution in [-0.4, -0.2) is 31.3 Å². The second kappa shape index (κ2) is 8.09. The monoisotopic (exact) mass is 339 g/mol. The lowest BCUT2D eigenvalue weighted by atomic mass is 10.0. The van der Waals surface area contributed by atoms with E-state index in [9.17, 15) is 0 Å². The van der Waals surface area contributed by atoms with E-state index in [1.54, 1.807) is 0 Å². The minimum Gasteiger partial charge on any atom is -0.309 e. The predicted octanol–water partition coefficient (Wildman–Crippen LogP) is 5.38. The Morgan fingerprint density at radius 3 is 2.29 bits per heavy atom. The zero-order chi connectivity index (χ0) is 15.2. The van der Waals surface area contributed by atoms with E-state index in [0.29, 0.717) is 0 Å². The van der Waals surface area contributed by atoms with Crippen molar-refractivity contribution in [3.05, 3.63) is 69.7 Å². The van der Waals surface area contributed by atoms with Crippen LogP contribution in [0, 0.1) is 0 Å². The Balaban J connectivity index is 2.26. The molecule has 112 valence electrons. The first-order valence-corrected chi connectivity index (χ1v) is 8.64. The number of rotatable bonds is 6. The highest BCUT2D eigenvalue weighted by Gasteiger charge is 2.17. The van der Waals surface area contributed by atoms with Gasteiger partial charge in [-0.1, -0.05) is 53.5 Å². The van der Waals surface area contributed by atoms with Crippen molar-refractivity contribution >= 4 is 35.0 Å². The van der Waals surface area contributed by atoms with E-state index >= 15 is 0 Å². The molecule has 0 N–H and O–H groups in total. The van der Waals surface area contributed by atoms with Gasteiger partial charge in [0.1, 0.15) is 0 Å². The van der Waals surface area contributed by atoms with E-state index in [2.05, 4.69) is 37.2 Å². The lowest BCUT2D eigenvalue weighted by Crippen LogP contribution is -2.15. The van der Waals surface area contributed by atoms with Gasteiger partial charge < -0.3 is 4.90 Å². The lowest BCUT2D eigenvalue weighted by Gasteiger charge is -2.20. The standard InChI is InChI=1S/C17H19Cl2NS/c1-20(2)11-12-21-17(13-7-9-14(18)10-8-13)15-5-3-4-6-16(15)19/h3-10,17H,11-12H2,1-2H3/t17-/m1/s1. The Morgan fingerprint density at radius 1 is 1.00 bits per heavy atom. The molecule has 0 saturated carbocycles. The van der Waals surface area contributed by atoms with Crippen molar-refractivity contribution in [1.29, 1.82) is 0 Å². The molecule has 2 aromatic carbocycles. The van der Waals surface area contributed by atoms with Crippen LogP contribution in [-0.2, 0) is 0 Å². The molecule has 0 aliphatic heterocycles. The molecule has 1 nitrogen and oxygen atoms in total. The lowest BCUT2D eigenvalue weighted by molar-refractivity contribution is 0.437. The Hall–Kier alpha value is -0.670. The van der Waals surface area contributed by atoms with Crippen molar-refractivity contribution < 1.29 is 0 Å². The fraction of sp³-hybridized carbons (Fsp3) is 0.294. The molecule has 0 spiro atoms. The van der Waals surface area contributed by atoms with E-state index in [-0.39, 0.29) is 5.25 Å². The summed E-state index contributed by atoms with van der Waals surface area (Å²) in [5, 5.41) is 1.81. The Bertz CT molecular complexity index is 569. The van der Waals surface area contributed by atoms with Crippen LogP contribution in [0.15, 0.2) is 48.5 Å². The zero-order valence-corrected chi connectivity index (χ0v) is 14.6. The van der Waals surface area contributed by atoms with Gasteiger partial charge in [0.05, 0.1) is 5.25 Å². The highest BCUT2D eigenvalue weighted by Crippen LogP contribution is 2.39. The maximum atomic E-state index is 6.39. The van der Waals surface area contributed by atoms with Crippen LogP contribution in [0.25, 0.3) is 0 Å². The maximum Gasteiger partial charge on any atom is 0.0561 e. The predicted molar refractivity (Wildman–Crippen MR) is 95.8 cm³/mol. The van der Waals surface area contributed by atoms with Crippen molar-refractivity contribution in [2.45, 2.75) is 5.25 Å². The molecule has 0 heterocycles. The molecule has 0 bridgehead atoms. The third-order valence-electron chi connectivity index (χ3n) is 3.18.